The maximum atomic E-state index is 9.60. The van der Waals surface area contributed by atoms with Gasteiger partial charge in [-0.05, 0) is 6.42 Å². The Balaban J connectivity index is 0. The summed E-state index contributed by atoms with van der Waals surface area (Å²) in [7, 11) is 0. The summed E-state index contributed by atoms with van der Waals surface area (Å²) in [4.78, 5) is 9.60. The van der Waals surface area contributed by atoms with E-state index < -0.39 is 0 Å². The van der Waals surface area contributed by atoms with E-state index in [0.29, 0.717) is 19.4 Å². The quantitative estimate of drug-likeness (QED) is 0.501. The number of aliphatic hydroxyl groups is 1. The van der Waals surface area contributed by atoms with Crippen molar-refractivity contribution < 1.29 is 11.3 Å². The lowest BCUT2D eigenvalue weighted by Crippen LogP contribution is -2.24. The number of aliphatic hydroxyl groups excluding tert-OH is 1. The fraction of sp³-hybridized carbons (Fsp3) is 0.800. The van der Waals surface area contributed by atoms with E-state index in [-0.39, 0.29) is 7.53 Å². The molecule has 1 atom stereocenters. The fourth-order valence-electron chi connectivity index (χ4n) is 0.328. The average molecular weight is 119 g/mol. The van der Waals surface area contributed by atoms with E-state index in [2.05, 4.69) is 5.32 Å². The van der Waals surface area contributed by atoms with Crippen LogP contribution in [0.3, 0.4) is 0 Å². The highest BCUT2D eigenvalue weighted by molar-refractivity contribution is 5.45. The van der Waals surface area contributed by atoms with Crippen LogP contribution in [0.15, 0.2) is 0 Å². The molecule has 0 saturated carbocycles. The van der Waals surface area contributed by atoms with Gasteiger partial charge in [-0.25, -0.2) is 0 Å². The van der Waals surface area contributed by atoms with Gasteiger partial charge in [-0.15, -0.1) is 0 Å². The van der Waals surface area contributed by atoms with E-state index in [1.807, 2.05) is 6.92 Å². The summed E-state index contributed by atoms with van der Waals surface area (Å²) in [5.41, 5.74) is 0. The average Bonchev–Trinajstić information content (AvgIpc) is 1.83. The number of hydrogen-bond acceptors (Lipinski definition) is 2. The molecule has 0 heterocycles. The van der Waals surface area contributed by atoms with Gasteiger partial charge < -0.3 is 10.4 Å². The minimum absolute atomic E-state index is 0. The van der Waals surface area contributed by atoms with Gasteiger partial charge in [-0.2, -0.15) is 0 Å². The molecule has 3 nitrogen and oxygen atoms in total. The molecule has 0 spiro atoms. The third-order valence-corrected chi connectivity index (χ3v) is 0.908. The zero-order valence-electron chi connectivity index (χ0n) is 4.92. The van der Waals surface area contributed by atoms with Crippen LogP contribution in [-0.4, -0.2) is 24.2 Å². The first-order valence-electron chi connectivity index (χ1n) is 2.66. The Morgan fingerprint density at radius 1 is 2.00 bits per heavy atom. The molecule has 0 aromatic heterocycles. The number of hydrogen-bond donors (Lipinski definition) is 2. The molecule has 8 heavy (non-hydrogen) atoms. The van der Waals surface area contributed by atoms with Crippen molar-refractivity contribution in [2.45, 2.75) is 19.4 Å². The summed E-state index contributed by atoms with van der Waals surface area (Å²) < 4.78 is 0. The van der Waals surface area contributed by atoms with Crippen LogP contribution in [-0.2, 0) is 4.79 Å². The second-order valence-corrected chi connectivity index (χ2v) is 1.59. The topological polar surface area (TPSA) is 49.3 Å². The van der Waals surface area contributed by atoms with Gasteiger partial charge in [0.2, 0.25) is 6.41 Å². The van der Waals surface area contributed by atoms with E-state index >= 15 is 0 Å². The van der Waals surface area contributed by atoms with Crippen molar-refractivity contribution in [2.24, 2.45) is 0 Å². The monoisotopic (exact) mass is 119 g/mol. The SMILES string of the molecule is CC[C@@H](O)CNC=O.[HH]. The van der Waals surface area contributed by atoms with Crippen molar-refractivity contribution >= 4 is 6.41 Å². The Morgan fingerprint density at radius 2 is 2.62 bits per heavy atom. The van der Waals surface area contributed by atoms with Gasteiger partial charge in [0.15, 0.2) is 0 Å². The fourth-order valence-corrected chi connectivity index (χ4v) is 0.328. The first-order chi connectivity index (χ1) is 3.81. The Labute approximate surface area is 50.2 Å². The van der Waals surface area contributed by atoms with Crippen LogP contribution in [0.5, 0.6) is 0 Å². The van der Waals surface area contributed by atoms with Crippen molar-refractivity contribution in [3.05, 3.63) is 0 Å². The molecular formula is C5H13NO2. The maximum Gasteiger partial charge on any atom is 0.207 e. The van der Waals surface area contributed by atoms with Crippen LogP contribution in [0.2, 0.25) is 0 Å². The van der Waals surface area contributed by atoms with Crippen molar-refractivity contribution in [1.82, 2.24) is 5.32 Å². The highest BCUT2D eigenvalue weighted by Gasteiger charge is 1.95. The molecule has 0 aromatic rings. The van der Waals surface area contributed by atoms with Crippen LogP contribution >= 0.6 is 0 Å². The van der Waals surface area contributed by atoms with Gasteiger partial charge in [0.05, 0.1) is 6.10 Å². The number of amides is 1. The van der Waals surface area contributed by atoms with Gasteiger partial charge in [0, 0.05) is 7.97 Å². The summed E-state index contributed by atoms with van der Waals surface area (Å²) in [6.07, 6.45) is 0.875. The molecule has 2 N–H and O–H groups in total. The Morgan fingerprint density at radius 3 is 3.00 bits per heavy atom. The van der Waals surface area contributed by atoms with E-state index in [0.717, 1.165) is 0 Å². The highest BCUT2D eigenvalue weighted by atomic mass is 16.3. The molecule has 0 radical (unpaired) electrons. The third-order valence-electron chi connectivity index (χ3n) is 0.908. The van der Waals surface area contributed by atoms with Crippen molar-refractivity contribution in [1.29, 1.82) is 0 Å². The molecule has 50 valence electrons. The Kier molecular flexibility index (Phi) is 4.26. The first kappa shape index (κ1) is 7.43. The zero-order valence-corrected chi connectivity index (χ0v) is 4.92. The molecule has 1 amide bonds. The minimum atomic E-state index is -0.389. The van der Waals surface area contributed by atoms with Crippen molar-refractivity contribution in [3.8, 4) is 0 Å². The third kappa shape index (κ3) is 3.61. The highest BCUT2D eigenvalue weighted by Crippen LogP contribution is 1.83. The standard InChI is InChI=1S/C5H11NO2.H2/c1-2-5(8)3-6-4-7;/h4-5,8H,2-3H2,1H3,(H,6,7);1H/t5-;/m1./s1. The number of carbonyl (C=O) groups excluding carboxylic acids is 1. The van der Waals surface area contributed by atoms with Gasteiger partial charge in [-0.1, -0.05) is 6.92 Å². The smallest absolute Gasteiger partial charge is 0.207 e. The van der Waals surface area contributed by atoms with E-state index in [4.69, 9.17) is 5.11 Å². The predicted molar refractivity (Wildman–Crippen MR) is 32.5 cm³/mol. The van der Waals surface area contributed by atoms with E-state index in [1.165, 1.54) is 0 Å². The molecule has 0 fully saturated rings. The summed E-state index contributed by atoms with van der Waals surface area (Å²) in [5, 5.41) is 11.1. The van der Waals surface area contributed by atoms with E-state index in [9.17, 15) is 4.79 Å². The van der Waals surface area contributed by atoms with Crippen LogP contribution in [0.25, 0.3) is 0 Å². The van der Waals surface area contributed by atoms with Crippen LogP contribution in [0.1, 0.15) is 14.8 Å². The normalized spacial score (nSPS) is 12.8. The van der Waals surface area contributed by atoms with Crippen LogP contribution in [0.4, 0.5) is 0 Å². The zero-order chi connectivity index (χ0) is 6.41. The van der Waals surface area contributed by atoms with Gasteiger partial charge in [0.25, 0.3) is 0 Å². The molecule has 0 aliphatic heterocycles. The minimum Gasteiger partial charge on any atom is -0.391 e. The summed E-state index contributed by atoms with van der Waals surface area (Å²) >= 11 is 0. The molecule has 0 aliphatic carbocycles. The molecule has 0 rings (SSSR count). The number of carbonyl (C=O) groups is 1. The van der Waals surface area contributed by atoms with Crippen LogP contribution < -0.4 is 5.32 Å². The first-order valence-corrected chi connectivity index (χ1v) is 2.66. The number of rotatable bonds is 4. The van der Waals surface area contributed by atoms with Gasteiger partial charge >= 0.3 is 0 Å². The van der Waals surface area contributed by atoms with Crippen molar-refractivity contribution in [2.75, 3.05) is 6.54 Å². The lowest BCUT2D eigenvalue weighted by molar-refractivity contribution is -0.109. The predicted octanol–water partition coefficient (Wildman–Crippen LogP) is -0.251. The molecule has 3 heteroatoms. The Bertz CT molecular complexity index is 70.0. The lowest BCUT2D eigenvalue weighted by Gasteiger charge is -2.03. The largest absolute Gasteiger partial charge is 0.391 e. The second-order valence-electron chi connectivity index (χ2n) is 1.59. The van der Waals surface area contributed by atoms with Gasteiger partial charge in [-0.3, -0.25) is 4.79 Å². The van der Waals surface area contributed by atoms with Crippen molar-refractivity contribution in [3.63, 3.8) is 0 Å². The molecular weight excluding hydrogens is 106 g/mol. The summed E-state index contributed by atoms with van der Waals surface area (Å²) in [6, 6.07) is 0. The van der Waals surface area contributed by atoms with E-state index in [1.54, 1.807) is 0 Å². The van der Waals surface area contributed by atoms with Crippen LogP contribution in [0, 0.1) is 0 Å². The molecule has 0 aromatic carbocycles. The summed E-state index contributed by atoms with van der Waals surface area (Å²) in [6.45, 7) is 2.22. The molecule has 0 bridgehead atoms. The molecule has 0 aliphatic rings. The summed E-state index contributed by atoms with van der Waals surface area (Å²) in [5.74, 6) is 0. The second kappa shape index (κ2) is 4.59. The maximum absolute atomic E-state index is 9.60. The Hall–Kier alpha value is -0.570. The molecule has 0 unspecified atom stereocenters. The number of nitrogens with one attached hydrogen (secondary N) is 1. The molecule has 0 saturated heterocycles. The lowest BCUT2D eigenvalue weighted by atomic mass is 10.3. The van der Waals surface area contributed by atoms with Gasteiger partial charge in [0.1, 0.15) is 0 Å².